The molecule has 0 spiro atoms. The molecule has 0 saturated heterocycles. The van der Waals surface area contributed by atoms with Gasteiger partial charge in [0.15, 0.2) is 0 Å². The monoisotopic (exact) mass is 177 g/mol. The van der Waals surface area contributed by atoms with E-state index < -0.39 is 12.1 Å². The van der Waals surface area contributed by atoms with Crippen LogP contribution in [-0.4, -0.2) is 16.2 Å². The van der Waals surface area contributed by atoms with Gasteiger partial charge >= 0.3 is 0 Å². The molecule has 13 heavy (non-hydrogen) atoms. The third-order valence-corrected chi connectivity index (χ3v) is 1.78. The second kappa shape index (κ2) is 3.99. The number of hydrogen-bond acceptors (Lipinski definition) is 4. The van der Waals surface area contributed by atoms with E-state index >= 15 is 0 Å². The summed E-state index contributed by atoms with van der Waals surface area (Å²) in [5.41, 5.74) is 6.71. The fourth-order valence-corrected chi connectivity index (χ4v) is 0.916. The van der Waals surface area contributed by atoms with Crippen molar-refractivity contribution in [2.45, 2.75) is 19.1 Å². The molecule has 3 N–H and O–H groups in total. The van der Waals surface area contributed by atoms with Crippen LogP contribution in [0.1, 0.15) is 24.2 Å². The third-order valence-electron chi connectivity index (χ3n) is 1.78. The molecule has 0 aliphatic carbocycles. The van der Waals surface area contributed by atoms with Gasteiger partial charge in [0.2, 0.25) is 0 Å². The molecule has 68 valence electrons. The Bertz CT molecular complexity index is 313. The van der Waals surface area contributed by atoms with Crippen LogP contribution in [0.25, 0.3) is 0 Å². The average Bonchev–Trinajstić information content (AvgIpc) is 2.17. The standard InChI is InChI=1S/C9H11N3O/c1-6(13)9(11)8-3-2-7(4-10)5-12-8/h2-3,5-6,9,13H,11H2,1H3/t6-,9-/m1/s1. The molecular formula is C9H11N3O. The second-order valence-corrected chi connectivity index (χ2v) is 2.85. The van der Waals surface area contributed by atoms with Gasteiger partial charge in [-0.25, -0.2) is 0 Å². The number of nitriles is 1. The molecule has 0 aliphatic rings. The highest BCUT2D eigenvalue weighted by Crippen LogP contribution is 2.11. The maximum atomic E-state index is 9.17. The molecule has 1 aromatic rings. The van der Waals surface area contributed by atoms with E-state index in [-0.39, 0.29) is 0 Å². The van der Waals surface area contributed by atoms with Crippen LogP contribution in [-0.2, 0) is 0 Å². The summed E-state index contributed by atoms with van der Waals surface area (Å²) in [6.45, 7) is 1.60. The zero-order valence-electron chi connectivity index (χ0n) is 7.31. The molecule has 0 bridgehead atoms. The van der Waals surface area contributed by atoms with Crippen LogP contribution in [0.4, 0.5) is 0 Å². The summed E-state index contributed by atoms with van der Waals surface area (Å²) in [6, 6.07) is 4.74. The largest absolute Gasteiger partial charge is 0.391 e. The Hall–Kier alpha value is -1.44. The molecule has 1 heterocycles. The first kappa shape index (κ1) is 9.65. The van der Waals surface area contributed by atoms with Crippen molar-refractivity contribution in [1.29, 1.82) is 5.26 Å². The van der Waals surface area contributed by atoms with Crippen molar-refractivity contribution in [2.75, 3.05) is 0 Å². The zero-order chi connectivity index (χ0) is 9.84. The van der Waals surface area contributed by atoms with Crippen LogP contribution in [0.15, 0.2) is 18.3 Å². The van der Waals surface area contributed by atoms with Crippen LogP contribution < -0.4 is 5.73 Å². The van der Waals surface area contributed by atoms with E-state index in [1.54, 1.807) is 19.1 Å². The van der Waals surface area contributed by atoms with E-state index in [4.69, 9.17) is 11.0 Å². The summed E-state index contributed by atoms with van der Waals surface area (Å²) in [6.07, 6.45) is 0.804. The van der Waals surface area contributed by atoms with Crippen molar-refractivity contribution in [1.82, 2.24) is 4.98 Å². The lowest BCUT2D eigenvalue weighted by molar-refractivity contribution is 0.162. The minimum atomic E-state index is -0.638. The Kier molecular flexibility index (Phi) is 2.96. The van der Waals surface area contributed by atoms with Gasteiger partial charge in [0.1, 0.15) is 6.07 Å². The van der Waals surface area contributed by atoms with E-state index in [1.807, 2.05) is 6.07 Å². The van der Waals surface area contributed by atoms with Gasteiger partial charge in [-0.15, -0.1) is 0 Å². The molecule has 0 radical (unpaired) electrons. The summed E-state index contributed by atoms with van der Waals surface area (Å²) in [5, 5.41) is 17.7. The first-order valence-electron chi connectivity index (χ1n) is 3.95. The Labute approximate surface area is 76.6 Å². The molecule has 0 amide bonds. The summed E-state index contributed by atoms with van der Waals surface area (Å²) in [7, 11) is 0. The predicted molar refractivity (Wildman–Crippen MR) is 47.6 cm³/mol. The Balaban J connectivity index is 2.87. The quantitative estimate of drug-likeness (QED) is 0.682. The molecule has 0 unspecified atom stereocenters. The fourth-order valence-electron chi connectivity index (χ4n) is 0.916. The van der Waals surface area contributed by atoms with Crippen molar-refractivity contribution in [3.63, 3.8) is 0 Å². The smallest absolute Gasteiger partial charge is 0.101 e. The number of pyridine rings is 1. The topological polar surface area (TPSA) is 82.9 Å². The number of aliphatic hydroxyl groups excluding tert-OH is 1. The number of hydrogen-bond donors (Lipinski definition) is 2. The third kappa shape index (κ3) is 2.25. The van der Waals surface area contributed by atoms with Gasteiger partial charge in [-0.1, -0.05) is 0 Å². The van der Waals surface area contributed by atoms with E-state index in [1.165, 1.54) is 6.20 Å². The number of rotatable bonds is 2. The highest BCUT2D eigenvalue weighted by molar-refractivity contribution is 5.27. The van der Waals surface area contributed by atoms with Crippen molar-refractivity contribution in [3.8, 4) is 6.07 Å². The van der Waals surface area contributed by atoms with Crippen molar-refractivity contribution in [2.24, 2.45) is 5.73 Å². The van der Waals surface area contributed by atoms with Crippen LogP contribution >= 0.6 is 0 Å². The molecule has 2 atom stereocenters. The van der Waals surface area contributed by atoms with Gasteiger partial charge in [0.25, 0.3) is 0 Å². The minimum Gasteiger partial charge on any atom is -0.391 e. The summed E-state index contributed by atoms with van der Waals surface area (Å²) >= 11 is 0. The first-order valence-corrected chi connectivity index (χ1v) is 3.95. The molecule has 4 nitrogen and oxygen atoms in total. The van der Waals surface area contributed by atoms with Crippen molar-refractivity contribution >= 4 is 0 Å². The molecular weight excluding hydrogens is 166 g/mol. The fraction of sp³-hybridized carbons (Fsp3) is 0.333. The van der Waals surface area contributed by atoms with E-state index in [9.17, 15) is 5.11 Å². The van der Waals surface area contributed by atoms with Crippen molar-refractivity contribution in [3.05, 3.63) is 29.6 Å². The SMILES string of the molecule is C[C@@H](O)[C@@H](N)c1ccc(C#N)cn1. The van der Waals surface area contributed by atoms with Gasteiger partial charge in [-0.05, 0) is 19.1 Å². The predicted octanol–water partition coefficient (Wildman–Crippen LogP) is 0.334. The molecule has 0 saturated carbocycles. The highest BCUT2D eigenvalue weighted by Gasteiger charge is 2.12. The molecule has 0 fully saturated rings. The van der Waals surface area contributed by atoms with Crippen molar-refractivity contribution < 1.29 is 5.11 Å². The van der Waals surface area contributed by atoms with Gasteiger partial charge in [0.05, 0.1) is 23.4 Å². The molecule has 0 aromatic carbocycles. The van der Waals surface area contributed by atoms with Crippen LogP contribution in [0.2, 0.25) is 0 Å². The number of aromatic nitrogens is 1. The highest BCUT2D eigenvalue weighted by atomic mass is 16.3. The van der Waals surface area contributed by atoms with E-state index in [0.717, 1.165) is 0 Å². The lowest BCUT2D eigenvalue weighted by Crippen LogP contribution is -2.24. The minimum absolute atomic E-state index is 0.488. The Morgan fingerprint density at radius 1 is 1.62 bits per heavy atom. The van der Waals surface area contributed by atoms with E-state index in [0.29, 0.717) is 11.3 Å². The first-order chi connectivity index (χ1) is 6.15. The van der Waals surface area contributed by atoms with Crippen LogP contribution in [0.5, 0.6) is 0 Å². The Morgan fingerprint density at radius 2 is 2.31 bits per heavy atom. The second-order valence-electron chi connectivity index (χ2n) is 2.85. The van der Waals surface area contributed by atoms with Gasteiger partial charge in [-0.3, -0.25) is 4.98 Å². The van der Waals surface area contributed by atoms with Crippen LogP contribution in [0.3, 0.4) is 0 Å². The molecule has 4 heteroatoms. The van der Waals surface area contributed by atoms with Crippen LogP contribution in [0, 0.1) is 11.3 Å². The summed E-state index contributed by atoms with van der Waals surface area (Å²) in [4.78, 5) is 3.96. The van der Waals surface area contributed by atoms with E-state index in [2.05, 4.69) is 4.98 Å². The normalized spacial score (nSPS) is 14.6. The zero-order valence-corrected chi connectivity index (χ0v) is 7.31. The molecule has 1 aromatic heterocycles. The maximum Gasteiger partial charge on any atom is 0.101 e. The number of nitrogens with zero attached hydrogens (tertiary/aromatic N) is 2. The Morgan fingerprint density at radius 3 is 2.69 bits per heavy atom. The lowest BCUT2D eigenvalue weighted by atomic mass is 10.1. The summed E-state index contributed by atoms with van der Waals surface area (Å²) < 4.78 is 0. The summed E-state index contributed by atoms with van der Waals surface area (Å²) in [5.74, 6) is 0. The number of aliphatic hydroxyl groups is 1. The van der Waals surface area contributed by atoms with Gasteiger partial charge in [-0.2, -0.15) is 5.26 Å². The average molecular weight is 177 g/mol. The number of nitrogens with two attached hydrogens (primary N) is 1. The maximum absolute atomic E-state index is 9.17. The molecule has 1 rings (SSSR count). The van der Waals surface area contributed by atoms with Gasteiger partial charge < -0.3 is 10.8 Å². The van der Waals surface area contributed by atoms with Gasteiger partial charge in [0, 0.05) is 6.20 Å². The molecule has 0 aliphatic heterocycles. The lowest BCUT2D eigenvalue weighted by Gasteiger charge is -2.13.